The van der Waals surface area contributed by atoms with Crippen molar-refractivity contribution in [3.05, 3.63) is 42.1 Å². The topological polar surface area (TPSA) is 41.9 Å². The molecule has 94 valence electrons. The summed E-state index contributed by atoms with van der Waals surface area (Å²) in [6.45, 7) is 3.90. The van der Waals surface area contributed by atoms with Gasteiger partial charge in [0.1, 0.15) is 5.82 Å². The zero-order chi connectivity index (χ0) is 12.4. The number of anilines is 2. The normalized spacial score (nSPS) is 17.3. The van der Waals surface area contributed by atoms with Crippen LogP contribution in [0.15, 0.2) is 36.5 Å². The maximum Gasteiger partial charge on any atom is 0.148 e. The van der Waals surface area contributed by atoms with Crippen LogP contribution >= 0.6 is 0 Å². The highest BCUT2D eigenvalue weighted by atomic mass is 15.3. The highest BCUT2D eigenvalue weighted by Crippen LogP contribution is 2.25. The van der Waals surface area contributed by atoms with E-state index in [1.807, 2.05) is 16.9 Å². The van der Waals surface area contributed by atoms with E-state index in [0.717, 1.165) is 25.3 Å². The highest BCUT2D eigenvalue weighted by Gasteiger charge is 2.19. The van der Waals surface area contributed by atoms with Crippen molar-refractivity contribution in [1.29, 1.82) is 0 Å². The summed E-state index contributed by atoms with van der Waals surface area (Å²) in [4.78, 5) is 0. The number of aromatic nitrogens is 2. The average Bonchev–Trinajstić information content (AvgIpc) is 3.02. The van der Waals surface area contributed by atoms with Gasteiger partial charge in [0.05, 0.1) is 0 Å². The Kier molecular flexibility index (Phi) is 2.92. The molecule has 1 aliphatic heterocycles. The molecule has 1 unspecified atom stereocenters. The molecule has 0 radical (unpaired) electrons. The standard InChI is InChI=1S/C14H18N4/c1-2-18-8-7-14(17-18)15-10-12-9-11-5-3-4-6-13(11)16-12/h3-8,12,16H,2,9-10H2,1H3,(H,15,17). The molecule has 2 N–H and O–H groups in total. The minimum atomic E-state index is 0.453. The van der Waals surface area contributed by atoms with Crippen LogP contribution in [0.3, 0.4) is 0 Å². The number of benzene rings is 1. The van der Waals surface area contributed by atoms with Crippen LogP contribution in [0.4, 0.5) is 11.5 Å². The van der Waals surface area contributed by atoms with Crippen molar-refractivity contribution >= 4 is 11.5 Å². The van der Waals surface area contributed by atoms with Crippen LogP contribution in [0.5, 0.6) is 0 Å². The van der Waals surface area contributed by atoms with Crippen LogP contribution in [-0.2, 0) is 13.0 Å². The lowest BCUT2D eigenvalue weighted by Gasteiger charge is -2.11. The summed E-state index contributed by atoms with van der Waals surface area (Å²) in [6.07, 6.45) is 3.08. The fraction of sp³-hybridized carbons (Fsp3) is 0.357. The number of para-hydroxylation sites is 1. The summed E-state index contributed by atoms with van der Waals surface area (Å²) >= 11 is 0. The van der Waals surface area contributed by atoms with Crippen molar-refractivity contribution in [3.8, 4) is 0 Å². The van der Waals surface area contributed by atoms with Crippen molar-refractivity contribution in [2.45, 2.75) is 25.9 Å². The van der Waals surface area contributed by atoms with Gasteiger partial charge in [0, 0.05) is 37.1 Å². The Labute approximate surface area is 107 Å². The first-order valence-corrected chi connectivity index (χ1v) is 6.47. The molecule has 2 aromatic rings. The van der Waals surface area contributed by atoms with Crippen molar-refractivity contribution in [1.82, 2.24) is 9.78 Å². The lowest BCUT2D eigenvalue weighted by Crippen LogP contribution is -2.25. The Bertz CT molecular complexity index is 507. The quantitative estimate of drug-likeness (QED) is 0.864. The van der Waals surface area contributed by atoms with E-state index in [1.54, 1.807) is 0 Å². The molecule has 1 aromatic heterocycles. The van der Waals surface area contributed by atoms with Gasteiger partial charge in [0.15, 0.2) is 0 Å². The molecule has 0 amide bonds. The second-order valence-corrected chi connectivity index (χ2v) is 4.64. The van der Waals surface area contributed by atoms with E-state index in [4.69, 9.17) is 0 Å². The summed E-state index contributed by atoms with van der Waals surface area (Å²) in [6, 6.07) is 11.0. The molecule has 1 aliphatic rings. The molecular weight excluding hydrogens is 224 g/mol. The molecule has 0 saturated heterocycles. The zero-order valence-electron chi connectivity index (χ0n) is 10.6. The smallest absolute Gasteiger partial charge is 0.148 e. The SMILES string of the molecule is CCn1ccc(NCC2Cc3ccccc3N2)n1. The van der Waals surface area contributed by atoms with E-state index < -0.39 is 0 Å². The molecule has 18 heavy (non-hydrogen) atoms. The van der Waals surface area contributed by atoms with Crippen LogP contribution in [0, 0.1) is 0 Å². The molecule has 3 rings (SSSR count). The number of nitrogens with one attached hydrogen (secondary N) is 2. The van der Waals surface area contributed by atoms with E-state index in [1.165, 1.54) is 11.3 Å². The van der Waals surface area contributed by atoms with Crippen molar-refractivity contribution < 1.29 is 0 Å². The van der Waals surface area contributed by atoms with Gasteiger partial charge in [-0.3, -0.25) is 4.68 Å². The van der Waals surface area contributed by atoms with E-state index >= 15 is 0 Å². The van der Waals surface area contributed by atoms with Crippen LogP contribution in [0.25, 0.3) is 0 Å². The van der Waals surface area contributed by atoms with E-state index in [2.05, 4.69) is 46.9 Å². The predicted molar refractivity (Wildman–Crippen MR) is 73.9 cm³/mol. The number of rotatable bonds is 4. The lowest BCUT2D eigenvalue weighted by atomic mass is 10.1. The predicted octanol–water partition coefficient (Wildman–Crippen LogP) is 2.35. The fourth-order valence-corrected chi connectivity index (χ4v) is 2.36. The van der Waals surface area contributed by atoms with Gasteiger partial charge in [0.2, 0.25) is 0 Å². The largest absolute Gasteiger partial charge is 0.380 e. The summed E-state index contributed by atoms with van der Waals surface area (Å²) in [7, 11) is 0. The van der Waals surface area contributed by atoms with Gasteiger partial charge in [-0.2, -0.15) is 5.10 Å². The molecule has 1 atom stereocenters. The maximum absolute atomic E-state index is 4.42. The van der Waals surface area contributed by atoms with Gasteiger partial charge in [-0.1, -0.05) is 18.2 Å². The summed E-state index contributed by atoms with van der Waals surface area (Å²) in [5, 5.41) is 11.3. The van der Waals surface area contributed by atoms with Gasteiger partial charge in [0.25, 0.3) is 0 Å². The van der Waals surface area contributed by atoms with Gasteiger partial charge < -0.3 is 10.6 Å². The van der Waals surface area contributed by atoms with E-state index in [9.17, 15) is 0 Å². The molecular formula is C14H18N4. The van der Waals surface area contributed by atoms with Gasteiger partial charge in [-0.05, 0) is 25.0 Å². The van der Waals surface area contributed by atoms with E-state index in [0.29, 0.717) is 6.04 Å². The van der Waals surface area contributed by atoms with Crippen LogP contribution in [0.1, 0.15) is 12.5 Å². The van der Waals surface area contributed by atoms with Crippen molar-refractivity contribution in [2.75, 3.05) is 17.2 Å². The summed E-state index contributed by atoms with van der Waals surface area (Å²) in [5.74, 6) is 0.953. The Hall–Kier alpha value is -1.97. The highest BCUT2D eigenvalue weighted by molar-refractivity contribution is 5.57. The third-order valence-electron chi connectivity index (χ3n) is 3.34. The number of fused-ring (bicyclic) bond motifs is 1. The third-order valence-corrected chi connectivity index (χ3v) is 3.34. The number of nitrogens with zero attached hydrogens (tertiary/aromatic N) is 2. The number of aryl methyl sites for hydroxylation is 1. The Morgan fingerprint density at radius 3 is 3.06 bits per heavy atom. The fourth-order valence-electron chi connectivity index (χ4n) is 2.36. The minimum Gasteiger partial charge on any atom is -0.380 e. The molecule has 0 bridgehead atoms. The van der Waals surface area contributed by atoms with Crippen molar-refractivity contribution in [2.24, 2.45) is 0 Å². The molecule has 0 spiro atoms. The molecule has 1 aromatic carbocycles. The second kappa shape index (κ2) is 4.72. The third kappa shape index (κ3) is 2.18. The zero-order valence-corrected chi connectivity index (χ0v) is 10.6. The van der Waals surface area contributed by atoms with Gasteiger partial charge in [-0.25, -0.2) is 0 Å². The maximum atomic E-state index is 4.42. The van der Waals surface area contributed by atoms with E-state index in [-0.39, 0.29) is 0 Å². The summed E-state index contributed by atoms with van der Waals surface area (Å²) in [5.41, 5.74) is 2.67. The van der Waals surface area contributed by atoms with Gasteiger partial charge in [-0.15, -0.1) is 0 Å². The monoisotopic (exact) mass is 242 g/mol. The van der Waals surface area contributed by atoms with Gasteiger partial charge >= 0.3 is 0 Å². The molecule has 0 fully saturated rings. The molecule has 4 heteroatoms. The average molecular weight is 242 g/mol. The second-order valence-electron chi connectivity index (χ2n) is 4.64. The number of hydrogen-bond acceptors (Lipinski definition) is 3. The first kappa shape index (κ1) is 11.1. The lowest BCUT2D eigenvalue weighted by molar-refractivity contribution is 0.659. The van der Waals surface area contributed by atoms with Crippen LogP contribution < -0.4 is 10.6 Å². The molecule has 0 saturated carbocycles. The molecule has 2 heterocycles. The molecule has 4 nitrogen and oxygen atoms in total. The Morgan fingerprint density at radius 2 is 2.28 bits per heavy atom. The Morgan fingerprint density at radius 1 is 1.39 bits per heavy atom. The Balaban J connectivity index is 1.57. The number of hydrogen-bond donors (Lipinski definition) is 2. The minimum absolute atomic E-state index is 0.453. The molecule has 0 aliphatic carbocycles. The first-order chi connectivity index (χ1) is 8.85. The van der Waals surface area contributed by atoms with Crippen LogP contribution in [0.2, 0.25) is 0 Å². The van der Waals surface area contributed by atoms with Crippen LogP contribution in [-0.4, -0.2) is 22.4 Å². The first-order valence-electron chi connectivity index (χ1n) is 6.47. The van der Waals surface area contributed by atoms with Crippen molar-refractivity contribution in [3.63, 3.8) is 0 Å². The summed E-state index contributed by atoms with van der Waals surface area (Å²) < 4.78 is 1.93.